The van der Waals surface area contributed by atoms with Crippen LogP contribution in [-0.4, -0.2) is 0 Å². The van der Waals surface area contributed by atoms with E-state index in [0.29, 0.717) is 11.1 Å². The second kappa shape index (κ2) is 5.93. The van der Waals surface area contributed by atoms with E-state index in [2.05, 4.69) is 5.32 Å². The first-order valence-corrected chi connectivity index (χ1v) is 6.34. The van der Waals surface area contributed by atoms with Gasteiger partial charge in [-0.05, 0) is 26.0 Å². The second-order valence-corrected chi connectivity index (χ2v) is 4.65. The number of hydrogen-bond donors (Lipinski definition) is 1. The van der Waals surface area contributed by atoms with Crippen LogP contribution in [0.15, 0.2) is 48.5 Å². The maximum absolute atomic E-state index is 13.7. The van der Waals surface area contributed by atoms with Gasteiger partial charge in [-0.25, -0.2) is 8.78 Å². The van der Waals surface area contributed by atoms with Crippen LogP contribution in [0.4, 0.5) is 8.78 Å². The first kappa shape index (κ1) is 13.7. The molecule has 2 aromatic rings. The van der Waals surface area contributed by atoms with Crippen molar-refractivity contribution < 1.29 is 8.78 Å². The van der Waals surface area contributed by atoms with Crippen molar-refractivity contribution in [2.24, 2.45) is 0 Å². The zero-order valence-electron chi connectivity index (χ0n) is 11.0. The molecule has 2 aromatic carbocycles. The van der Waals surface area contributed by atoms with Crippen LogP contribution in [0.5, 0.6) is 0 Å². The van der Waals surface area contributed by atoms with Crippen LogP contribution >= 0.6 is 0 Å². The van der Waals surface area contributed by atoms with Gasteiger partial charge in [0.2, 0.25) is 0 Å². The van der Waals surface area contributed by atoms with Crippen molar-refractivity contribution in [1.82, 2.24) is 5.32 Å². The van der Waals surface area contributed by atoms with Crippen LogP contribution in [0.1, 0.15) is 37.1 Å². The quantitative estimate of drug-likeness (QED) is 0.861. The van der Waals surface area contributed by atoms with Crippen LogP contribution in [0, 0.1) is 11.6 Å². The van der Waals surface area contributed by atoms with Crippen molar-refractivity contribution in [2.75, 3.05) is 0 Å². The summed E-state index contributed by atoms with van der Waals surface area (Å²) in [6, 6.07) is 12.9. The van der Waals surface area contributed by atoms with Gasteiger partial charge in [0.25, 0.3) is 0 Å². The molecule has 0 bridgehead atoms. The molecule has 0 saturated carbocycles. The largest absolute Gasteiger partial charge is 0.303 e. The molecule has 0 radical (unpaired) electrons. The zero-order valence-corrected chi connectivity index (χ0v) is 11.0. The van der Waals surface area contributed by atoms with E-state index in [1.807, 2.05) is 13.8 Å². The molecule has 2 atom stereocenters. The van der Waals surface area contributed by atoms with Gasteiger partial charge < -0.3 is 5.32 Å². The summed E-state index contributed by atoms with van der Waals surface area (Å²) in [6.07, 6.45) is 0. The standard InChI is InChI=1S/C16H17F2N/c1-11(13-7-3-5-9-15(13)17)19-12(2)14-8-4-6-10-16(14)18/h3-12,19H,1-2H3/t11-,12-/m0/s1. The van der Waals surface area contributed by atoms with Gasteiger partial charge in [-0.15, -0.1) is 0 Å². The number of rotatable bonds is 4. The lowest BCUT2D eigenvalue weighted by Crippen LogP contribution is -2.23. The first-order chi connectivity index (χ1) is 9.09. The van der Waals surface area contributed by atoms with Crippen molar-refractivity contribution in [3.63, 3.8) is 0 Å². The first-order valence-electron chi connectivity index (χ1n) is 6.34. The van der Waals surface area contributed by atoms with Gasteiger partial charge in [0.05, 0.1) is 0 Å². The summed E-state index contributed by atoms with van der Waals surface area (Å²) in [6.45, 7) is 3.74. The predicted molar refractivity (Wildman–Crippen MR) is 72.8 cm³/mol. The second-order valence-electron chi connectivity index (χ2n) is 4.65. The summed E-state index contributed by atoms with van der Waals surface area (Å²) in [4.78, 5) is 0. The molecule has 1 N–H and O–H groups in total. The Labute approximate surface area is 112 Å². The topological polar surface area (TPSA) is 12.0 Å². The third kappa shape index (κ3) is 3.18. The summed E-state index contributed by atoms with van der Waals surface area (Å²) < 4.78 is 27.3. The van der Waals surface area contributed by atoms with E-state index in [1.54, 1.807) is 36.4 Å². The third-order valence-electron chi connectivity index (χ3n) is 3.24. The Morgan fingerprint density at radius 3 is 1.47 bits per heavy atom. The van der Waals surface area contributed by atoms with E-state index in [-0.39, 0.29) is 23.7 Å². The van der Waals surface area contributed by atoms with Gasteiger partial charge in [0, 0.05) is 23.2 Å². The molecule has 2 rings (SSSR count). The molecule has 0 spiro atoms. The summed E-state index contributed by atoms with van der Waals surface area (Å²) in [5.74, 6) is -0.494. The minimum Gasteiger partial charge on any atom is -0.303 e. The number of nitrogens with one attached hydrogen (secondary N) is 1. The van der Waals surface area contributed by atoms with Gasteiger partial charge >= 0.3 is 0 Å². The molecule has 0 aliphatic rings. The average Bonchev–Trinajstić information content (AvgIpc) is 2.39. The fourth-order valence-electron chi connectivity index (χ4n) is 2.21. The molecule has 19 heavy (non-hydrogen) atoms. The number of hydrogen-bond acceptors (Lipinski definition) is 1. The van der Waals surface area contributed by atoms with E-state index in [1.165, 1.54) is 12.1 Å². The molecule has 3 heteroatoms. The van der Waals surface area contributed by atoms with Gasteiger partial charge in [-0.3, -0.25) is 0 Å². The molecule has 0 fully saturated rings. The summed E-state index contributed by atoms with van der Waals surface area (Å²) >= 11 is 0. The maximum atomic E-state index is 13.7. The van der Waals surface area contributed by atoms with Crippen molar-refractivity contribution in [3.8, 4) is 0 Å². The fourth-order valence-corrected chi connectivity index (χ4v) is 2.21. The average molecular weight is 261 g/mol. The molecular formula is C16H17F2N. The zero-order chi connectivity index (χ0) is 13.8. The molecular weight excluding hydrogens is 244 g/mol. The van der Waals surface area contributed by atoms with Crippen LogP contribution < -0.4 is 5.32 Å². The van der Waals surface area contributed by atoms with Gasteiger partial charge in [-0.1, -0.05) is 36.4 Å². The summed E-state index contributed by atoms with van der Waals surface area (Å²) in [5.41, 5.74) is 1.18. The van der Waals surface area contributed by atoms with E-state index >= 15 is 0 Å². The van der Waals surface area contributed by atoms with Crippen LogP contribution in [0.3, 0.4) is 0 Å². The van der Waals surface area contributed by atoms with Crippen LogP contribution in [0.25, 0.3) is 0 Å². The molecule has 0 aliphatic heterocycles. The monoisotopic (exact) mass is 261 g/mol. The van der Waals surface area contributed by atoms with Crippen molar-refractivity contribution >= 4 is 0 Å². The third-order valence-corrected chi connectivity index (χ3v) is 3.24. The van der Waals surface area contributed by atoms with E-state index in [9.17, 15) is 8.78 Å². The highest BCUT2D eigenvalue weighted by Crippen LogP contribution is 2.22. The molecule has 0 amide bonds. The van der Waals surface area contributed by atoms with Crippen molar-refractivity contribution in [1.29, 1.82) is 0 Å². The molecule has 0 aromatic heterocycles. The highest BCUT2D eigenvalue weighted by molar-refractivity contribution is 5.23. The Kier molecular flexibility index (Phi) is 4.27. The SMILES string of the molecule is C[C@H](N[C@@H](C)c1ccccc1F)c1ccccc1F. The Morgan fingerprint density at radius 1 is 0.737 bits per heavy atom. The molecule has 100 valence electrons. The van der Waals surface area contributed by atoms with Gasteiger partial charge in [-0.2, -0.15) is 0 Å². The Hall–Kier alpha value is -1.74. The Balaban J connectivity index is 2.13. The lowest BCUT2D eigenvalue weighted by Gasteiger charge is -2.21. The van der Waals surface area contributed by atoms with Crippen LogP contribution in [-0.2, 0) is 0 Å². The number of halogens is 2. The minimum absolute atomic E-state index is 0.184. The van der Waals surface area contributed by atoms with Gasteiger partial charge in [0.1, 0.15) is 11.6 Å². The molecule has 0 saturated heterocycles. The van der Waals surface area contributed by atoms with Gasteiger partial charge in [0.15, 0.2) is 0 Å². The minimum atomic E-state index is -0.247. The highest BCUT2D eigenvalue weighted by atomic mass is 19.1. The Morgan fingerprint density at radius 2 is 1.11 bits per heavy atom. The van der Waals surface area contributed by atoms with Crippen molar-refractivity contribution in [3.05, 3.63) is 71.3 Å². The number of benzene rings is 2. The summed E-state index contributed by atoms with van der Waals surface area (Å²) in [5, 5.41) is 3.21. The molecule has 0 unspecified atom stereocenters. The normalized spacial score (nSPS) is 14.1. The molecule has 0 heterocycles. The fraction of sp³-hybridized carbons (Fsp3) is 0.250. The van der Waals surface area contributed by atoms with E-state index in [4.69, 9.17) is 0 Å². The Bertz CT molecular complexity index is 504. The van der Waals surface area contributed by atoms with E-state index < -0.39 is 0 Å². The molecule has 1 nitrogen and oxygen atoms in total. The van der Waals surface area contributed by atoms with Crippen LogP contribution in [0.2, 0.25) is 0 Å². The highest BCUT2D eigenvalue weighted by Gasteiger charge is 2.15. The maximum Gasteiger partial charge on any atom is 0.127 e. The van der Waals surface area contributed by atoms with E-state index in [0.717, 1.165) is 0 Å². The summed E-state index contributed by atoms with van der Waals surface area (Å²) in [7, 11) is 0. The smallest absolute Gasteiger partial charge is 0.127 e. The lowest BCUT2D eigenvalue weighted by atomic mass is 10.0. The lowest BCUT2D eigenvalue weighted by molar-refractivity contribution is 0.459. The van der Waals surface area contributed by atoms with Crippen molar-refractivity contribution in [2.45, 2.75) is 25.9 Å². The predicted octanol–water partition coefficient (Wildman–Crippen LogP) is 4.38. The molecule has 0 aliphatic carbocycles.